The van der Waals surface area contributed by atoms with Crippen molar-refractivity contribution in [2.24, 2.45) is 5.92 Å². The number of aliphatic hydroxyl groups excluding tert-OH is 1. The van der Waals surface area contributed by atoms with E-state index in [0.29, 0.717) is 19.8 Å². The van der Waals surface area contributed by atoms with E-state index in [1.165, 1.54) is 12.8 Å². The van der Waals surface area contributed by atoms with Gasteiger partial charge in [-0.1, -0.05) is 13.0 Å². The predicted molar refractivity (Wildman–Crippen MR) is 77.2 cm³/mol. The molecule has 3 rings (SSSR count). The highest BCUT2D eigenvalue weighted by atomic mass is 16.6. The van der Waals surface area contributed by atoms with Gasteiger partial charge in [-0.2, -0.15) is 0 Å². The Bertz CT molecular complexity index is 455. The van der Waals surface area contributed by atoms with Crippen LogP contribution in [0.2, 0.25) is 0 Å². The van der Waals surface area contributed by atoms with Crippen LogP contribution in [0.4, 0.5) is 0 Å². The number of β-amino-alcohol motifs (C(OH)–C–C–N with tert-alkyl or cyclic N) is 1. The Hall–Kier alpha value is -1.26. The number of hydrogen-bond acceptors (Lipinski definition) is 4. The summed E-state index contributed by atoms with van der Waals surface area (Å²) in [6, 6.07) is 5.74. The minimum atomic E-state index is -0.459. The summed E-state index contributed by atoms with van der Waals surface area (Å²) in [7, 11) is 0. The van der Waals surface area contributed by atoms with E-state index in [2.05, 4.69) is 11.8 Å². The van der Waals surface area contributed by atoms with Gasteiger partial charge in [-0.25, -0.2) is 0 Å². The maximum absolute atomic E-state index is 10.4. The molecule has 110 valence electrons. The van der Waals surface area contributed by atoms with Crippen molar-refractivity contribution >= 4 is 0 Å². The molecule has 4 heteroatoms. The Morgan fingerprint density at radius 1 is 1.20 bits per heavy atom. The van der Waals surface area contributed by atoms with Crippen molar-refractivity contribution < 1.29 is 14.6 Å². The van der Waals surface area contributed by atoms with Crippen molar-refractivity contribution in [3.05, 3.63) is 23.8 Å². The van der Waals surface area contributed by atoms with Crippen LogP contribution in [0.1, 0.15) is 31.4 Å². The second-order valence-corrected chi connectivity index (χ2v) is 5.90. The summed E-state index contributed by atoms with van der Waals surface area (Å²) in [4.78, 5) is 2.35. The van der Waals surface area contributed by atoms with E-state index in [0.717, 1.165) is 36.1 Å². The molecule has 2 aliphatic heterocycles. The van der Waals surface area contributed by atoms with Crippen LogP contribution in [-0.4, -0.2) is 42.9 Å². The van der Waals surface area contributed by atoms with E-state index in [1.807, 2.05) is 18.2 Å². The van der Waals surface area contributed by atoms with Gasteiger partial charge < -0.3 is 19.5 Å². The van der Waals surface area contributed by atoms with Gasteiger partial charge in [-0.15, -0.1) is 0 Å². The minimum Gasteiger partial charge on any atom is -0.486 e. The van der Waals surface area contributed by atoms with E-state index < -0.39 is 6.10 Å². The molecule has 0 amide bonds. The van der Waals surface area contributed by atoms with Gasteiger partial charge in [0.1, 0.15) is 13.2 Å². The van der Waals surface area contributed by atoms with Crippen molar-refractivity contribution in [1.82, 2.24) is 4.90 Å². The molecular formula is C16H23NO3. The molecule has 0 spiro atoms. The van der Waals surface area contributed by atoms with Crippen LogP contribution < -0.4 is 9.47 Å². The molecule has 2 aliphatic rings. The standard InChI is InChI=1S/C16H23NO3/c1-12-4-6-17(7-5-12)11-14(18)13-2-3-15-16(10-13)20-9-8-19-15/h2-3,10,12,14,18H,4-9,11H2,1H3. The Morgan fingerprint density at radius 3 is 2.65 bits per heavy atom. The van der Waals surface area contributed by atoms with Gasteiger partial charge in [0.05, 0.1) is 6.10 Å². The fourth-order valence-electron chi connectivity index (χ4n) is 2.86. The van der Waals surface area contributed by atoms with Crippen molar-refractivity contribution in [2.45, 2.75) is 25.9 Å². The van der Waals surface area contributed by atoms with E-state index >= 15 is 0 Å². The summed E-state index contributed by atoms with van der Waals surface area (Å²) >= 11 is 0. The van der Waals surface area contributed by atoms with Gasteiger partial charge in [-0.05, 0) is 49.5 Å². The fourth-order valence-corrected chi connectivity index (χ4v) is 2.86. The number of piperidine rings is 1. The Labute approximate surface area is 120 Å². The summed E-state index contributed by atoms with van der Waals surface area (Å²) in [6.45, 7) is 6.35. The summed E-state index contributed by atoms with van der Waals surface area (Å²) < 4.78 is 11.1. The van der Waals surface area contributed by atoms with Crippen LogP contribution >= 0.6 is 0 Å². The Morgan fingerprint density at radius 2 is 1.90 bits per heavy atom. The largest absolute Gasteiger partial charge is 0.486 e. The third-order valence-electron chi connectivity index (χ3n) is 4.26. The number of nitrogens with zero attached hydrogens (tertiary/aromatic N) is 1. The maximum Gasteiger partial charge on any atom is 0.161 e. The van der Waals surface area contributed by atoms with E-state index in [1.54, 1.807) is 0 Å². The number of aliphatic hydroxyl groups is 1. The molecule has 1 N–H and O–H groups in total. The van der Waals surface area contributed by atoms with Gasteiger partial charge in [0.2, 0.25) is 0 Å². The van der Waals surface area contributed by atoms with Gasteiger partial charge in [0, 0.05) is 6.54 Å². The van der Waals surface area contributed by atoms with Crippen LogP contribution in [0.3, 0.4) is 0 Å². The highest BCUT2D eigenvalue weighted by Gasteiger charge is 2.20. The Kier molecular flexibility index (Phi) is 4.13. The molecule has 0 bridgehead atoms. The number of fused-ring (bicyclic) bond motifs is 1. The SMILES string of the molecule is CC1CCN(CC(O)c2ccc3c(c2)OCCO3)CC1. The predicted octanol–water partition coefficient (Wildman–Crippen LogP) is 2.22. The first-order chi connectivity index (χ1) is 9.72. The minimum absolute atomic E-state index is 0.459. The second-order valence-electron chi connectivity index (χ2n) is 5.90. The molecule has 0 aliphatic carbocycles. The van der Waals surface area contributed by atoms with Gasteiger partial charge >= 0.3 is 0 Å². The van der Waals surface area contributed by atoms with Crippen LogP contribution in [0.5, 0.6) is 11.5 Å². The highest BCUT2D eigenvalue weighted by Crippen LogP contribution is 2.33. The average molecular weight is 277 g/mol. The van der Waals surface area contributed by atoms with E-state index in [4.69, 9.17) is 9.47 Å². The van der Waals surface area contributed by atoms with Gasteiger partial charge in [0.25, 0.3) is 0 Å². The van der Waals surface area contributed by atoms with Crippen LogP contribution in [-0.2, 0) is 0 Å². The summed E-state index contributed by atoms with van der Waals surface area (Å²) in [5.41, 5.74) is 0.910. The number of benzene rings is 1. The zero-order valence-corrected chi connectivity index (χ0v) is 12.0. The topological polar surface area (TPSA) is 41.9 Å². The molecule has 4 nitrogen and oxygen atoms in total. The molecular weight excluding hydrogens is 254 g/mol. The zero-order valence-electron chi connectivity index (χ0n) is 12.0. The monoisotopic (exact) mass is 277 g/mol. The lowest BCUT2D eigenvalue weighted by Gasteiger charge is -2.31. The summed E-state index contributed by atoms with van der Waals surface area (Å²) in [5, 5.41) is 10.4. The first-order valence-corrected chi connectivity index (χ1v) is 7.52. The third-order valence-corrected chi connectivity index (χ3v) is 4.26. The lowest BCUT2D eigenvalue weighted by molar-refractivity contribution is 0.0910. The lowest BCUT2D eigenvalue weighted by atomic mass is 9.98. The molecule has 1 unspecified atom stereocenters. The first kappa shape index (κ1) is 13.7. The van der Waals surface area contributed by atoms with Crippen LogP contribution in [0.15, 0.2) is 18.2 Å². The molecule has 1 saturated heterocycles. The van der Waals surface area contributed by atoms with Gasteiger partial charge in [-0.3, -0.25) is 0 Å². The average Bonchev–Trinajstić information content (AvgIpc) is 2.49. The van der Waals surface area contributed by atoms with Gasteiger partial charge in [0.15, 0.2) is 11.5 Å². The quantitative estimate of drug-likeness (QED) is 0.920. The molecule has 1 aromatic rings. The molecule has 1 aromatic carbocycles. The van der Waals surface area contributed by atoms with E-state index in [-0.39, 0.29) is 0 Å². The Balaban J connectivity index is 1.63. The molecule has 1 atom stereocenters. The third kappa shape index (κ3) is 3.07. The number of hydrogen-bond donors (Lipinski definition) is 1. The molecule has 20 heavy (non-hydrogen) atoms. The highest BCUT2D eigenvalue weighted by molar-refractivity contribution is 5.44. The molecule has 2 heterocycles. The van der Waals surface area contributed by atoms with Crippen molar-refractivity contribution in [1.29, 1.82) is 0 Å². The molecule has 0 aromatic heterocycles. The van der Waals surface area contributed by atoms with Crippen molar-refractivity contribution in [2.75, 3.05) is 32.8 Å². The van der Waals surface area contributed by atoms with Crippen LogP contribution in [0.25, 0.3) is 0 Å². The summed E-state index contributed by atoms with van der Waals surface area (Å²) in [5.74, 6) is 2.34. The summed E-state index contributed by atoms with van der Waals surface area (Å²) in [6.07, 6.45) is 2.00. The molecule has 0 radical (unpaired) electrons. The van der Waals surface area contributed by atoms with E-state index in [9.17, 15) is 5.11 Å². The first-order valence-electron chi connectivity index (χ1n) is 7.52. The zero-order chi connectivity index (χ0) is 13.9. The molecule has 0 saturated carbocycles. The lowest BCUT2D eigenvalue weighted by Crippen LogP contribution is -2.36. The number of likely N-dealkylation sites (tertiary alicyclic amines) is 1. The second kappa shape index (κ2) is 6.02. The van der Waals surface area contributed by atoms with Crippen LogP contribution in [0, 0.1) is 5.92 Å². The number of rotatable bonds is 3. The normalized spacial score (nSPS) is 21.7. The fraction of sp³-hybridized carbons (Fsp3) is 0.625. The van der Waals surface area contributed by atoms with Crippen molar-refractivity contribution in [3.63, 3.8) is 0 Å². The smallest absolute Gasteiger partial charge is 0.161 e. The maximum atomic E-state index is 10.4. The number of ether oxygens (including phenoxy) is 2. The van der Waals surface area contributed by atoms with Crippen molar-refractivity contribution in [3.8, 4) is 11.5 Å². The molecule has 1 fully saturated rings.